The Hall–Kier alpha value is -0.490. The van der Waals surface area contributed by atoms with E-state index in [1.807, 2.05) is 0 Å². The molecule has 0 heterocycles. The van der Waals surface area contributed by atoms with E-state index >= 15 is 0 Å². The minimum Gasteiger partial charge on any atom is -0.481 e. The summed E-state index contributed by atoms with van der Waals surface area (Å²) in [7, 11) is 0. The second-order valence-electron chi connectivity index (χ2n) is 4.69. The summed E-state index contributed by atoms with van der Waals surface area (Å²) in [6, 6.07) is 4.43. The molecule has 0 bridgehead atoms. The highest BCUT2D eigenvalue weighted by Crippen LogP contribution is 2.43. The van der Waals surface area contributed by atoms with Crippen LogP contribution in [0.4, 0.5) is 8.78 Å². The van der Waals surface area contributed by atoms with Gasteiger partial charge in [0.15, 0.2) is 0 Å². The normalized spacial score (nSPS) is 12.6. The molecule has 0 aliphatic heterocycles. The molecule has 0 radical (unpaired) electrons. The van der Waals surface area contributed by atoms with Gasteiger partial charge in [-0.15, -0.1) is 0 Å². The summed E-state index contributed by atoms with van der Waals surface area (Å²) in [5, 5.41) is 8.92. The van der Waals surface area contributed by atoms with E-state index in [0.29, 0.717) is 4.47 Å². The molecule has 0 spiro atoms. The average molecular weight is 386 g/mol. The number of hydrogen-bond acceptors (Lipinski definition) is 1. The van der Waals surface area contributed by atoms with E-state index in [2.05, 4.69) is 31.9 Å². The van der Waals surface area contributed by atoms with Gasteiger partial charge in [-0.2, -0.15) is 0 Å². The van der Waals surface area contributed by atoms with Gasteiger partial charge in [0.05, 0.1) is 5.41 Å². The second kappa shape index (κ2) is 5.25. The van der Waals surface area contributed by atoms with E-state index in [1.165, 1.54) is 26.0 Å². The van der Waals surface area contributed by atoms with E-state index in [0.717, 1.165) is 0 Å². The first-order valence-electron chi connectivity index (χ1n) is 5.13. The molecule has 0 saturated carbocycles. The smallest absolute Gasteiger partial charge is 0.309 e. The Morgan fingerprint density at radius 1 is 1.33 bits per heavy atom. The highest BCUT2D eigenvalue weighted by Gasteiger charge is 2.43. The van der Waals surface area contributed by atoms with E-state index < -0.39 is 23.7 Å². The van der Waals surface area contributed by atoms with Crippen molar-refractivity contribution in [2.45, 2.75) is 26.2 Å². The van der Waals surface area contributed by atoms with Gasteiger partial charge < -0.3 is 5.11 Å². The maximum absolute atomic E-state index is 14.1. The van der Waals surface area contributed by atoms with Gasteiger partial charge in [0.1, 0.15) is 0 Å². The maximum atomic E-state index is 14.1. The van der Waals surface area contributed by atoms with Crippen molar-refractivity contribution in [1.82, 2.24) is 0 Å². The van der Waals surface area contributed by atoms with Crippen molar-refractivity contribution in [3.63, 3.8) is 0 Å². The lowest BCUT2D eigenvalue weighted by molar-refractivity contribution is -0.153. The van der Waals surface area contributed by atoms with Gasteiger partial charge in [-0.1, -0.05) is 31.9 Å². The molecule has 100 valence electrons. The molecular weight excluding hydrogens is 374 g/mol. The van der Waals surface area contributed by atoms with Crippen molar-refractivity contribution < 1.29 is 18.7 Å². The second-order valence-corrected chi connectivity index (χ2v) is 6.46. The van der Waals surface area contributed by atoms with Gasteiger partial charge in [0, 0.05) is 20.9 Å². The van der Waals surface area contributed by atoms with Gasteiger partial charge >= 0.3 is 5.97 Å². The lowest BCUT2D eigenvalue weighted by Crippen LogP contribution is -2.31. The van der Waals surface area contributed by atoms with E-state index in [-0.39, 0.29) is 10.0 Å². The van der Waals surface area contributed by atoms with Gasteiger partial charge in [0.25, 0.3) is 5.92 Å². The fourth-order valence-corrected chi connectivity index (χ4v) is 2.40. The zero-order chi connectivity index (χ0) is 14.1. The fourth-order valence-electron chi connectivity index (χ4n) is 1.50. The van der Waals surface area contributed by atoms with Crippen LogP contribution in [-0.2, 0) is 10.7 Å². The maximum Gasteiger partial charge on any atom is 0.309 e. The molecule has 0 saturated heterocycles. The minimum atomic E-state index is -3.22. The Bertz CT molecular complexity index is 473. The van der Waals surface area contributed by atoms with Crippen LogP contribution in [0.5, 0.6) is 0 Å². The van der Waals surface area contributed by atoms with Crippen molar-refractivity contribution in [3.05, 3.63) is 32.7 Å². The van der Waals surface area contributed by atoms with E-state index in [9.17, 15) is 13.6 Å². The third-order valence-electron chi connectivity index (χ3n) is 2.57. The van der Waals surface area contributed by atoms with Crippen LogP contribution >= 0.6 is 31.9 Å². The highest BCUT2D eigenvalue weighted by atomic mass is 79.9. The van der Waals surface area contributed by atoms with Crippen LogP contribution in [0, 0.1) is 5.41 Å². The van der Waals surface area contributed by atoms with Crippen molar-refractivity contribution >= 4 is 37.8 Å². The number of alkyl halides is 2. The summed E-state index contributed by atoms with van der Waals surface area (Å²) in [6.45, 7) is 2.57. The number of carbonyl (C=O) groups is 1. The quantitative estimate of drug-likeness (QED) is 0.807. The predicted octanol–water partition coefficient (Wildman–Crippen LogP) is 4.80. The molecule has 0 atom stereocenters. The standard InChI is InChI=1S/C12H12Br2F2O2/c1-11(2,10(17)18)6-12(15,16)8-5-7(13)3-4-9(8)14/h3-5H,6H2,1-2H3,(H,17,18). The summed E-state index contributed by atoms with van der Waals surface area (Å²) < 4.78 is 29.1. The van der Waals surface area contributed by atoms with Gasteiger partial charge in [-0.3, -0.25) is 4.79 Å². The lowest BCUT2D eigenvalue weighted by Gasteiger charge is -2.26. The van der Waals surface area contributed by atoms with Crippen LogP contribution < -0.4 is 0 Å². The Balaban J connectivity index is 3.13. The number of halogens is 4. The van der Waals surface area contributed by atoms with Gasteiger partial charge in [-0.25, -0.2) is 8.78 Å². The lowest BCUT2D eigenvalue weighted by atomic mass is 9.84. The summed E-state index contributed by atoms with van der Waals surface area (Å²) in [6.07, 6.45) is -0.760. The predicted molar refractivity (Wildman–Crippen MR) is 71.8 cm³/mol. The van der Waals surface area contributed by atoms with Crippen LogP contribution in [0.1, 0.15) is 25.8 Å². The molecule has 1 aromatic carbocycles. The van der Waals surface area contributed by atoms with Crippen LogP contribution in [0.3, 0.4) is 0 Å². The topological polar surface area (TPSA) is 37.3 Å². The van der Waals surface area contributed by atoms with Crippen LogP contribution in [0.25, 0.3) is 0 Å². The Labute approximate surface area is 121 Å². The molecule has 6 heteroatoms. The molecule has 0 aliphatic rings. The third kappa shape index (κ3) is 3.51. The highest BCUT2D eigenvalue weighted by molar-refractivity contribution is 9.11. The Kier molecular flexibility index (Phi) is 4.54. The summed E-state index contributed by atoms with van der Waals surface area (Å²) in [5.41, 5.74) is -1.71. The summed E-state index contributed by atoms with van der Waals surface area (Å²) >= 11 is 6.19. The zero-order valence-corrected chi connectivity index (χ0v) is 13.0. The zero-order valence-electron chi connectivity index (χ0n) is 9.81. The number of carboxylic acids is 1. The van der Waals surface area contributed by atoms with Crippen molar-refractivity contribution in [2.75, 3.05) is 0 Å². The molecule has 0 fully saturated rings. The van der Waals surface area contributed by atoms with E-state index in [1.54, 1.807) is 6.07 Å². The molecule has 1 N–H and O–H groups in total. The third-order valence-corrected chi connectivity index (χ3v) is 3.75. The Morgan fingerprint density at radius 2 is 1.89 bits per heavy atom. The van der Waals surface area contributed by atoms with Crippen molar-refractivity contribution in [3.8, 4) is 0 Å². The van der Waals surface area contributed by atoms with Gasteiger partial charge in [-0.05, 0) is 32.0 Å². The first kappa shape index (κ1) is 15.6. The molecule has 1 rings (SSSR count). The average Bonchev–Trinajstić information content (AvgIpc) is 2.19. The number of hydrogen-bond donors (Lipinski definition) is 1. The molecular formula is C12H12Br2F2O2. The van der Waals surface area contributed by atoms with Gasteiger partial charge in [0.2, 0.25) is 0 Å². The largest absolute Gasteiger partial charge is 0.481 e. The number of rotatable bonds is 4. The van der Waals surface area contributed by atoms with Crippen LogP contribution in [0.2, 0.25) is 0 Å². The first-order valence-corrected chi connectivity index (χ1v) is 6.71. The molecule has 0 aliphatic carbocycles. The SMILES string of the molecule is CC(C)(CC(F)(F)c1cc(Br)ccc1Br)C(=O)O. The van der Waals surface area contributed by atoms with Crippen LogP contribution in [0.15, 0.2) is 27.1 Å². The number of carboxylic acid groups (broad SMARTS) is 1. The Morgan fingerprint density at radius 3 is 2.39 bits per heavy atom. The summed E-state index contributed by atoms with van der Waals surface area (Å²) in [5.74, 6) is -4.46. The van der Waals surface area contributed by atoms with Crippen LogP contribution in [-0.4, -0.2) is 11.1 Å². The summed E-state index contributed by atoms with van der Waals surface area (Å²) in [4.78, 5) is 10.9. The first-order chi connectivity index (χ1) is 8.06. The molecule has 0 unspecified atom stereocenters. The van der Waals surface area contributed by atoms with E-state index in [4.69, 9.17) is 5.11 Å². The molecule has 1 aromatic rings. The molecule has 2 nitrogen and oxygen atoms in total. The molecule has 0 amide bonds. The monoisotopic (exact) mass is 384 g/mol. The number of benzene rings is 1. The van der Waals surface area contributed by atoms with Crippen molar-refractivity contribution in [2.24, 2.45) is 5.41 Å². The molecule has 18 heavy (non-hydrogen) atoms. The van der Waals surface area contributed by atoms with Crippen molar-refractivity contribution in [1.29, 1.82) is 0 Å². The fraction of sp³-hybridized carbons (Fsp3) is 0.417. The minimum absolute atomic E-state index is 0.216. The number of aliphatic carboxylic acids is 1. The molecule has 0 aromatic heterocycles.